The minimum Gasteiger partial charge on any atom is -0.492 e. The first-order valence-corrected chi connectivity index (χ1v) is 14.1. The first-order chi connectivity index (χ1) is 21.0. The van der Waals surface area contributed by atoms with Crippen LogP contribution in [0.5, 0.6) is 11.5 Å². The van der Waals surface area contributed by atoms with Gasteiger partial charge in [-0.3, -0.25) is 14.4 Å². The van der Waals surface area contributed by atoms with Crippen molar-refractivity contribution in [2.24, 2.45) is 17.6 Å². The Hall–Kier alpha value is -4.97. The molecule has 2 aromatic carbocycles. The van der Waals surface area contributed by atoms with Crippen LogP contribution in [0.3, 0.4) is 0 Å². The van der Waals surface area contributed by atoms with Crippen molar-refractivity contribution >= 4 is 39.7 Å². The standard InChI is InChI=1S/C32H33NO11/c1-5-39-31(37)25-13-19(34)27-21(9-7-11-23(27)43-25)41-15-18(30(36)29(33)17(3)4)16-42-22-10-8-12-24-28(22)20(35)14-26(44-24)32(38)40-6-2/h7-14,17-18,29H,5-6,15-16,33H2,1-4H3/t29-/m0/s1. The maximum atomic E-state index is 13.4. The quantitative estimate of drug-likeness (QED) is 0.218. The normalized spacial score (nSPS) is 12.0. The third-order valence-electron chi connectivity index (χ3n) is 6.72. The summed E-state index contributed by atoms with van der Waals surface area (Å²) in [5.41, 5.74) is 5.32. The van der Waals surface area contributed by atoms with E-state index in [2.05, 4.69) is 0 Å². The highest BCUT2D eigenvalue weighted by molar-refractivity contribution is 5.92. The van der Waals surface area contributed by atoms with Gasteiger partial charge in [0.05, 0.1) is 25.2 Å². The van der Waals surface area contributed by atoms with Crippen molar-refractivity contribution in [3.8, 4) is 11.5 Å². The summed E-state index contributed by atoms with van der Waals surface area (Å²) < 4.78 is 32.9. The fourth-order valence-corrected chi connectivity index (χ4v) is 4.40. The van der Waals surface area contributed by atoms with E-state index in [0.717, 1.165) is 12.1 Å². The van der Waals surface area contributed by atoms with Crippen molar-refractivity contribution < 1.29 is 42.2 Å². The van der Waals surface area contributed by atoms with Gasteiger partial charge in [0.1, 0.15) is 46.7 Å². The molecule has 12 heteroatoms. The van der Waals surface area contributed by atoms with Gasteiger partial charge in [0, 0.05) is 12.1 Å². The molecule has 0 unspecified atom stereocenters. The molecule has 2 N–H and O–H groups in total. The van der Waals surface area contributed by atoms with Crippen molar-refractivity contribution in [2.75, 3.05) is 26.4 Å². The summed E-state index contributed by atoms with van der Waals surface area (Å²) in [6, 6.07) is 10.4. The Balaban J connectivity index is 1.62. The lowest BCUT2D eigenvalue weighted by atomic mass is 9.92. The van der Waals surface area contributed by atoms with E-state index in [1.54, 1.807) is 39.8 Å². The number of hydrogen-bond acceptors (Lipinski definition) is 12. The number of benzene rings is 2. The molecule has 0 bridgehead atoms. The summed E-state index contributed by atoms with van der Waals surface area (Å²) in [6.07, 6.45) is 0. The number of nitrogens with two attached hydrogens (primary N) is 1. The molecule has 2 heterocycles. The van der Waals surface area contributed by atoms with Gasteiger partial charge in [-0.15, -0.1) is 0 Å². The molecular formula is C32H33NO11. The number of rotatable bonds is 13. The molecule has 44 heavy (non-hydrogen) atoms. The third kappa shape index (κ3) is 6.97. The number of carbonyl (C=O) groups is 3. The van der Waals surface area contributed by atoms with Gasteiger partial charge < -0.3 is 33.5 Å². The predicted octanol–water partition coefficient (Wildman–Crippen LogP) is 3.88. The van der Waals surface area contributed by atoms with Gasteiger partial charge in [-0.1, -0.05) is 26.0 Å². The molecule has 0 fully saturated rings. The lowest BCUT2D eigenvalue weighted by Crippen LogP contribution is -2.43. The summed E-state index contributed by atoms with van der Waals surface area (Å²) >= 11 is 0. The highest BCUT2D eigenvalue weighted by Gasteiger charge is 2.29. The Morgan fingerprint density at radius 2 is 1.18 bits per heavy atom. The molecule has 4 rings (SSSR count). The van der Waals surface area contributed by atoms with Crippen LogP contribution < -0.4 is 26.1 Å². The number of esters is 2. The van der Waals surface area contributed by atoms with E-state index in [9.17, 15) is 24.0 Å². The Labute approximate surface area is 251 Å². The number of Topliss-reactive ketones (excluding diaryl/α,β-unsaturated/α-hetero) is 1. The summed E-state index contributed by atoms with van der Waals surface area (Å²) in [5.74, 6) is -3.27. The van der Waals surface area contributed by atoms with Crippen LogP contribution in [0.4, 0.5) is 0 Å². The van der Waals surface area contributed by atoms with Crippen molar-refractivity contribution in [3.63, 3.8) is 0 Å². The molecule has 0 amide bonds. The van der Waals surface area contributed by atoms with Crippen molar-refractivity contribution in [1.82, 2.24) is 0 Å². The monoisotopic (exact) mass is 607 g/mol. The lowest BCUT2D eigenvalue weighted by molar-refractivity contribution is -0.127. The second-order valence-corrected chi connectivity index (χ2v) is 10.1. The Morgan fingerprint density at radius 1 is 0.750 bits per heavy atom. The largest absolute Gasteiger partial charge is 0.492 e. The number of fused-ring (bicyclic) bond motifs is 2. The summed E-state index contributed by atoms with van der Waals surface area (Å²) in [6.45, 7) is 6.62. The van der Waals surface area contributed by atoms with Crippen molar-refractivity contribution in [1.29, 1.82) is 0 Å². The van der Waals surface area contributed by atoms with Crippen LogP contribution in [0, 0.1) is 11.8 Å². The van der Waals surface area contributed by atoms with E-state index >= 15 is 0 Å². The van der Waals surface area contributed by atoms with E-state index in [4.69, 9.17) is 33.5 Å². The zero-order valence-electron chi connectivity index (χ0n) is 24.7. The van der Waals surface area contributed by atoms with E-state index in [1.807, 2.05) is 0 Å². The van der Waals surface area contributed by atoms with Crippen LogP contribution in [0.1, 0.15) is 48.8 Å². The molecule has 0 aliphatic heterocycles. The molecule has 0 saturated heterocycles. The molecule has 0 radical (unpaired) electrons. The van der Waals surface area contributed by atoms with Gasteiger partial charge in [0.15, 0.2) is 16.6 Å². The second-order valence-electron chi connectivity index (χ2n) is 10.1. The molecule has 4 aromatic rings. The SMILES string of the molecule is CCOC(=O)c1cc(=O)c2c(OCC(COc3cccc4oc(C(=O)OCC)cc(=O)c34)C(=O)[C@@H](N)C(C)C)cccc2o1. The summed E-state index contributed by atoms with van der Waals surface area (Å²) in [7, 11) is 0. The minimum atomic E-state index is -0.922. The van der Waals surface area contributed by atoms with Gasteiger partial charge in [0.25, 0.3) is 0 Å². The summed E-state index contributed by atoms with van der Waals surface area (Å²) in [5, 5.41) is 0.148. The molecule has 2 aromatic heterocycles. The molecule has 0 saturated carbocycles. The highest BCUT2D eigenvalue weighted by atomic mass is 16.5. The lowest BCUT2D eigenvalue weighted by Gasteiger charge is -2.23. The van der Waals surface area contributed by atoms with E-state index < -0.39 is 34.8 Å². The molecule has 1 atom stereocenters. The maximum Gasteiger partial charge on any atom is 0.374 e. The summed E-state index contributed by atoms with van der Waals surface area (Å²) in [4.78, 5) is 63.5. The van der Waals surface area contributed by atoms with Gasteiger partial charge in [-0.2, -0.15) is 0 Å². The Bertz CT molecular complexity index is 1680. The topological polar surface area (TPSA) is 175 Å². The number of hydrogen-bond donors (Lipinski definition) is 1. The van der Waals surface area contributed by atoms with E-state index in [1.165, 1.54) is 24.3 Å². The van der Waals surface area contributed by atoms with E-state index in [-0.39, 0.29) is 83.1 Å². The molecule has 12 nitrogen and oxygen atoms in total. The average Bonchev–Trinajstić information content (AvgIpc) is 3.00. The number of ether oxygens (including phenoxy) is 4. The fraction of sp³-hybridized carbons (Fsp3) is 0.344. The van der Waals surface area contributed by atoms with Crippen LogP contribution in [0.25, 0.3) is 21.9 Å². The molecular weight excluding hydrogens is 574 g/mol. The van der Waals surface area contributed by atoms with Crippen LogP contribution in [0.15, 0.2) is 67.0 Å². The predicted molar refractivity (Wildman–Crippen MR) is 159 cm³/mol. The van der Waals surface area contributed by atoms with Crippen LogP contribution in [-0.4, -0.2) is 50.2 Å². The van der Waals surface area contributed by atoms with Crippen LogP contribution in [0.2, 0.25) is 0 Å². The van der Waals surface area contributed by atoms with Gasteiger partial charge in [-0.25, -0.2) is 9.59 Å². The average molecular weight is 608 g/mol. The van der Waals surface area contributed by atoms with Gasteiger partial charge in [0.2, 0.25) is 11.5 Å². The first kappa shape index (κ1) is 32.0. The van der Waals surface area contributed by atoms with Gasteiger partial charge in [-0.05, 0) is 44.0 Å². The molecule has 0 aliphatic rings. The molecule has 0 aliphatic carbocycles. The Kier molecular flexibility index (Phi) is 10.2. The van der Waals surface area contributed by atoms with Gasteiger partial charge >= 0.3 is 11.9 Å². The Morgan fingerprint density at radius 3 is 1.57 bits per heavy atom. The maximum absolute atomic E-state index is 13.4. The van der Waals surface area contributed by atoms with Crippen molar-refractivity contribution in [3.05, 3.63) is 80.5 Å². The minimum absolute atomic E-state index is 0.0740. The number of ketones is 1. The first-order valence-electron chi connectivity index (χ1n) is 14.1. The third-order valence-corrected chi connectivity index (χ3v) is 6.72. The van der Waals surface area contributed by atoms with Crippen molar-refractivity contribution in [2.45, 2.75) is 33.7 Å². The number of carbonyl (C=O) groups excluding carboxylic acids is 3. The van der Waals surface area contributed by atoms with E-state index in [0.29, 0.717) is 0 Å². The van der Waals surface area contributed by atoms with Crippen LogP contribution >= 0.6 is 0 Å². The highest BCUT2D eigenvalue weighted by Crippen LogP contribution is 2.27. The fourth-order valence-electron chi connectivity index (χ4n) is 4.40. The smallest absolute Gasteiger partial charge is 0.374 e. The molecule has 0 spiro atoms. The zero-order valence-corrected chi connectivity index (χ0v) is 24.7. The van der Waals surface area contributed by atoms with Crippen LogP contribution in [-0.2, 0) is 14.3 Å². The molecule has 232 valence electrons. The second kappa shape index (κ2) is 14.0. The zero-order chi connectivity index (χ0) is 32.0.